The second-order valence-corrected chi connectivity index (χ2v) is 7.79. The van der Waals surface area contributed by atoms with E-state index in [2.05, 4.69) is 34.8 Å². The van der Waals surface area contributed by atoms with Gasteiger partial charge in [0.15, 0.2) is 11.5 Å². The fourth-order valence-corrected chi connectivity index (χ4v) is 3.62. The molecule has 30 heavy (non-hydrogen) atoms. The van der Waals surface area contributed by atoms with Crippen molar-refractivity contribution in [3.05, 3.63) is 71.8 Å². The Labute approximate surface area is 176 Å². The summed E-state index contributed by atoms with van der Waals surface area (Å²) < 4.78 is 13.3. The molecular weight excluding hydrogens is 378 g/mol. The van der Waals surface area contributed by atoms with Gasteiger partial charge in [-0.15, -0.1) is 0 Å². The largest absolute Gasteiger partial charge is 0.486 e. The van der Waals surface area contributed by atoms with E-state index >= 15 is 0 Å². The maximum Gasteiger partial charge on any atom is 0.224 e. The summed E-state index contributed by atoms with van der Waals surface area (Å²) in [5, 5.41) is 3.01. The van der Waals surface area contributed by atoms with E-state index < -0.39 is 0 Å². The summed E-state index contributed by atoms with van der Waals surface area (Å²) in [5.41, 5.74) is 3.00. The lowest BCUT2D eigenvalue weighted by Gasteiger charge is -2.18. The molecule has 2 aromatic carbocycles. The van der Waals surface area contributed by atoms with E-state index in [-0.39, 0.29) is 5.91 Å². The van der Waals surface area contributed by atoms with Gasteiger partial charge in [-0.05, 0) is 41.8 Å². The number of benzene rings is 2. The van der Waals surface area contributed by atoms with Gasteiger partial charge in [-0.25, -0.2) is 4.98 Å². The first kappa shape index (κ1) is 20.0. The molecule has 0 aliphatic carbocycles. The van der Waals surface area contributed by atoms with Crippen molar-refractivity contribution >= 4 is 11.6 Å². The molecule has 6 nitrogen and oxygen atoms in total. The standard InChI is InChI=1S/C24H27N3O3/c1-17(2)24-25-10-11-27(24)16-19-4-3-5-20(14-19)26-23(28)9-7-18-6-8-21-22(15-18)30-13-12-29-21/h3-6,8,10-11,14-15,17H,7,9,12-13,16H2,1-2H3,(H,26,28). The highest BCUT2D eigenvalue weighted by atomic mass is 16.6. The number of imidazole rings is 1. The topological polar surface area (TPSA) is 65.4 Å². The average molecular weight is 405 g/mol. The lowest BCUT2D eigenvalue weighted by Crippen LogP contribution is -2.16. The molecule has 0 unspecified atom stereocenters. The predicted molar refractivity (Wildman–Crippen MR) is 116 cm³/mol. The summed E-state index contributed by atoms with van der Waals surface area (Å²) in [6, 6.07) is 13.8. The van der Waals surface area contributed by atoms with Gasteiger partial charge in [-0.3, -0.25) is 4.79 Å². The fourth-order valence-electron chi connectivity index (χ4n) is 3.62. The highest BCUT2D eigenvalue weighted by Gasteiger charge is 2.13. The summed E-state index contributed by atoms with van der Waals surface area (Å²) in [6.07, 6.45) is 4.88. The van der Waals surface area contributed by atoms with Crippen molar-refractivity contribution in [2.45, 2.75) is 39.2 Å². The van der Waals surface area contributed by atoms with Gasteiger partial charge >= 0.3 is 0 Å². The van der Waals surface area contributed by atoms with Gasteiger partial charge in [0.25, 0.3) is 0 Å². The fraction of sp³-hybridized carbons (Fsp3) is 0.333. The minimum atomic E-state index is -0.00691. The molecule has 0 saturated carbocycles. The number of amides is 1. The zero-order valence-corrected chi connectivity index (χ0v) is 17.4. The summed E-state index contributed by atoms with van der Waals surface area (Å²) in [5.74, 6) is 2.94. The number of ether oxygens (including phenoxy) is 2. The van der Waals surface area contributed by atoms with Crippen LogP contribution in [0, 0.1) is 0 Å². The summed E-state index contributed by atoms with van der Waals surface area (Å²) in [4.78, 5) is 16.9. The third-order valence-electron chi connectivity index (χ3n) is 5.08. The summed E-state index contributed by atoms with van der Waals surface area (Å²) in [7, 11) is 0. The molecule has 2 heterocycles. The van der Waals surface area contributed by atoms with Crippen LogP contribution in [0.25, 0.3) is 0 Å². The van der Waals surface area contributed by atoms with Crippen LogP contribution < -0.4 is 14.8 Å². The normalized spacial score (nSPS) is 12.8. The number of nitrogens with zero attached hydrogens (tertiary/aromatic N) is 2. The maximum absolute atomic E-state index is 12.5. The smallest absolute Gasteiger partial charge is 0.224 e. The van der Waals surface area contributed by atoms with Crippen molar-refractivity contribution < 1.29 is 14.3 Å². The number of aromatic nitrogens is 2. The van der Waals surface area contributed by atoms with Gasteiger partial charge < -0.3 is 19.4 Å². The summed E-state index contributed by atoms with van der Waals surface area (Å²) >= 11 is 0. The van der Waals surface area contributed by atoms with Gasteiger partial charge in [-0.1, -0.05) is 32.0 Å². The van der Waals surface area contributed by atoms with Crippen molar-refractivity contribution in [1.29, 1.82) is 0 Å². The molecule has 3 aromatic rings. The van der Waals surface area contributed by atoms with Crippen LogP contribution in [0.3, 0.4) is 0 Å². The Morgan fingerprint density at radius 3 is 2.77 bits per heavy atom. The Morgan fingerprint density at radius 2 is 1.93 bits per heavy atom. The lowest BCUT2D eigenvalue weighted by atomic mass is 10.1. The number of carbonyl (C=O) groups is 1. The van der Waals surface area contributed by atoms with Crippen molar-refractivity contribution in [2.24, 2.45) is 0 Å². The molecule has 0 saturated heterocycles. The van der Waals surface area contributed by atoms with Crippen LogP contribution in [-0.2, 0) is 17.8 Å². The van der Waals surface area contributed by atoms with Crippen molar-refractivity contribution in [2.75, 3.05) is 18.5 Å². The van der Waals surface area contributed by atoms with Crippen molar-refractivity contribution in [1.82, 2.24) is 9.55 Å². The molecule has 0 fully saturated rings. The number of rotatable bonds is 7. The van der Waals surface area contributed by atoms with Crippen molar-refractivity contribution in [3.63, 3.8) is 0 Å². The molecule has 1 N–H and O–H groups in total. The van der Waals surface area contributed by atoms with E-state index in [0.29, 0.717) is 32.0 Å². The first-order valence-corrected chi connectivity index (χ1v) is 10.4. The van der Waals surface area contributed by atoms with Crippen LogP contribution in [-0.4, -0.2) is 28.7 Å². The van der Waals surface area contributed by atoms with Crippen LogP contribution in [0.2, 0.25) is 0 Å². The molecule has 0 bridgehead atoms. The van der Waals surface area contributed by atoms with Gasteiger partial charge in [0.2, 0.25) is 5.91 Å². The quantitative estimate of drug-likeness (QED) is 0.633. The van der Waals surface area contributed by atoms with E-state index in [1.807, 2.05) is 48.8 Å². The Morgan fingerprint density at radius 1 is 1.10 bits per heavy atom. The first-order chi connectivity index (χ1) is 14.6. The van der Waals surface area contributed by atoms with Crippen LogP contribution in [0.15, 0.2) is 54.9 Å². The van der Waals surface area contributed by atoms with Gasteiger partial charge in [0.05, 0.1) is 0 Å². The number of hydrogen-bond donors (Lipinski definition) is 1. The zero-order valence-electron chi connectivity index (χ0n) is 17.4. The van der Waals surface area contributed by atoms with E-state index in [4.69, 9.17) is 9.47 Å². The number of hydrogen-bond acceptors (Lipinski definition) is 4. The molecule has 1 aliphatic rings. The number of aryl methyl sites for hydroxylation is 1. The minimum Gasteiger partial charge on any atom is -0.486 e. The lowest BCUT2D eigenvalue weighted by molar-refractivity contribution is -0.116. The highest BCUT2D eigenvalue weighted by molar-refractivity contribution is 5.90. The van der Waals surface area contributed by atoms with Gasteiger partial charge in [0, 0.05) is 37.0 Å². The van der Waals surface area contributed by atoms with Crippen LogP contribution in [0.1, 0.15) is 43.1 Å². The minimum absolute atomic E-state index is 0.00691. The van der Waals surface area contributed by atoms with Crippen LogP contribution >= 0.6 is 0 Å². The van der Waals surface area contributed by atoms with E-state index in [9.17, 15) is 4.79 Å². The Balaban J connectivity index is 1.34. The summed E-state index contributed by atoms with van der Waals surface area (Å²) in [6.45, 7) is 6.14. The second-order valence-electron chi connectivity index (χ2n) is 7.79. The van der Waals surface area contributed by atoms with Crippen molar-refractivity contribution in [3.8, 4) is 11.5 Å². The maximum atomic E-state index is 12.5. The van der Waals surface area contributed by atoms with E-state index in [1.165, 1.54) is 0 Å². The molecule has 0 radical (unpaired) electrons. The highest BCUT2D eigenvalue weighted by Crippen LogP contribution is 2.31. The SMILES string of the molecule is CC(C)c1nccn1Cc1cccc(NC(=O)CCc2ccc3c(c2)OCCO3)c1. The Bertz CT molecular complexity index is 1030. The predicted octanol–water partition coefficient (Wildman–Crippen LogP) is 4.40. The number of carbonyl (C=O) groups excluding carboxylic acids is 1. The molecule has 0 atom stereocenters. The Hall–Kier alpha value is -3.28. The molecule has 1 aliphatic heterocycles. The second kappa shape index (κ2) is 9.03. The molecule has 6 heteroatoms. The molecule has 156 valence electrons. The third kappa shape index (κ3) is 4.82. The molecule has 0 spiro atoms. The third-order valence-corrected chi connectivity index (χ3v) is 5.08. The number of nitrogens with one attached hydrogen (secondary N) is 1. The average Bonchev–Trinajstić information content (AvgIpc) is 3.21. The van der Waals surface area contributed by atoms with Gasteiger partial charge in [-0.2, -0.15) is 0 Å². The first-order valence-electron chi connectivity index (χ1n) is 10.4. The van der Waals surface area contributed by atoms with Gasteiger partial charge in [0.1, 0.15) is 19.0 Å². The van der Waals surface area contributed by atoms with Crippen LogP contribution in [0.5, 0.6) is 11.5 Å². The zero-order chi connectivity index (χ0) is 20.9. The van der Waals surface area contributed by atoms with Crippen LogP contribution in [0.4, 0.5) is 5.69 Å². The van der Waals surface area contributed by atoms with E-state index in [1.54, 1.807) is 0 Å². The Kier molecular flexibility index (Phi) is 6.02. The number of fused-ring (bicyclic) bond motifs is 1. The molecule has 4 rings (SSSR count). The molecular formula is C24H27N3O3. The number of anilines is 1. The molecule has 1 aromatic heterocycles. The van der Waals surface area contributed by atoms with E-state index in [0.717, 1.165) is 40.7 Å². The monoisotopic (exact) mass is 405 g/mol. The molecule has 1 amide bonds.